The van der Waals surface area contributed by atoms with Crippen LogP contribution in [-0.4, -0.2) is 53.0 Å². The van der Waals surface area contributed by atoms with Crippen molar-refractivity contribution in [1.82, 2.24) is 14.8 Å². The third-order valence-corrected chi connectivity index (χ3v) is 5.80. The molecule has 2 aliphatic heterocycles. The van der Waals surface area contributed by atoms with E-state index >= 15 is 0 Å². The molecule has 2 aromatic rings. The number of benzene rings is 1. The van der Waals surface area contributed by atoms with Crippen LogP contribution in [0.2, 0.25) is 0 Å². The number of aromatic nitrogens is 1. The second kappa shape index (κ2) is 8.55. The van der Waals surface area contributed by atoms with Crippen LogP contribution < -0.4 is 0 Å². The molecular weight excluding hydrogens is 376 g/mol. The number of rotatable bonds is 5. The van der Waals surface area contributed by atoms with Crippen molar-refractivity contribution in [2.24, 2.45) is 5.92 Å². The third-order valence-electron chi connectivity index (χ3n) is 5.80. The number of hydrogen-bond acceptors (Lipinski definition) is 4. The van der Waals surface area contributed by atoms with Crippen LogP contribution >= 0.6 is 0 Å². The molecule has 0 bridgehead atoms. The normalized spacial score (nSPS) is 24.3. The Morgan fingerprint density at radius 3 is 2.90 bits per heavy atom. The first-order chi connectivity index (χ1) is 14.0. The number of halogens is 2. The van der Waals surface area contributed by atoms with Gasteiger partial charge in [0, 0.05) is 26.3 Å². The number of hydrogen-bond donors (Lipinski definition) is 0. The van der Waals surface area contributed by atoms with Gasteiger partial charge in [0.15, 0.2) is 11.6 Å². The van der Waals surface area contributed by atoms with Gasteiger partial charge in [-0.3, -0.25) is 14.7 Å². The van der Waals surface area contributed by atoms with E-state index in [2.05, 4.69) is 9.88 Å². The summed E-state index contributed by atoms with van der Waals surface area (Å²) in [6, 6.07) is 9.67. The SMILES string of the molecule is CN(Cc1ccccn1)C(=O)[C@H]1C[C@@H]2CCN(Cc3ccc(F)c(F)c3)C[C@@H]2O1. The summed E-state index contributed by atoms with van der Waals surface area (Å²) >= 11 is 0. The number of ether oxygens (including phenoxy) is 1. The number of piperidine rings is 1. The summed E-state index contributed by atoms with van der Waals surface area (Å²) in [7, 11) is 1.78. The molecule has 1 aromatic carbocycles. The van der Waals surface area contributed by atoms with E-state index in [-0.39, 0.29) is 12.0 Å². The lowest BCUT2D eigenvalue weighted by atomic mass is 9.91. The topological polar surface area (TPSA) is 45.7 Å². The lowest BCUT2D eigenvalue weighted by molar-refractivity contribution is -0.143. The highest BCUT2D eigenvalue weighted by Gasteiger charge is 2.42. The highest BCUT2D eigenvalue weighted by Crippen LogP contribution is 2.34. The Bertz CT molecular complexity index is 864. The molecular formula is C22H25F2N3O2. The summed E-state index contributed by atoms with van der Waals surface area (Å²) in [6.45, 7) is 2.55. The first-order valence-corrected chi connectivity index (χ1v) is 9.96. The van der Waals surface area contributed by atoms with Crippen LogP contribution in [0.4, 0.5) is 8.78 Å². The molecule has 4 rings (SSSR count). The van der Waals surface area contributed by atoms with Crippen LogP contribution in [0.5, 0.6) is 0 Å². The largest absolute Gasteiger partial charge is 0.364 e. The van der Waals surface area contributed by atoms with Crippen LogP contribution in [0.1, 0.15) is 24.1 Å². The maximum absolute atomic E-state index is 13.5. The van der Waals surface area contributed by atoms with Gasteiger partial charge < -0.3 is 9.64 Å². The zero-order chi connectivity index (χ0) is 20.4. The molecule has 5 nitrogen and oxygen atoms in total. The summed E-state index contributed by atoms with van der Waals surface area (Å²) < 4.78 is 32.7. The maximum atomic E-state index is 13.5. The van der Waals surface area contributed by atoms with E-state index < -0.39 is 17.7 Å². The number of pyridine rings is 1. The Labute approximate surface area is 169 Å². The highest BCUT2D eigenvalue weighted by molar-refractivity contribution is 5.81. The van der Waals surface area contributed by atoms with Crippen molar-refractivity contribution >= 4 is 5.91 Å². The predicted molar refractivity (Wildman–Crippen MR) is 104 cm³/mol. The smallest absolute Gasteiger partial charge is 0.251 e. The molecule has 7 heteroatoms. The van der Waals surface area contributed by atoms with Crippen molar-refractivity contribution in [2.75, 3.05) is 20.1 Å². The zero-order valence-corrected chi connectivity index (χ0v) is 16.4. The lowest BCUT2D eigenvalue weighted by Gasteiger charge is -2.34. The second-order valence-electron chi connectivity index (χ2n) is 7.95. The van der Waals surface area contributed by atoms with Crippen LogP contribution in [0.3, 0.4) is 0 Å². The monoisotopic (exact) mass is 401 g/mol. The number of nitrogens with zero attached hydrogens (tertiary/aromatic N) is 3. The quantitative estimate of drug-likeness (QED) is 0.773. The summed E-state index contributed by atoms with van der Waals surface area (Å²) in [5, 5.41) is 0. The van der Waals surface area contributed by atoms with Gasteiger partial charge in [-0.05, 0) is 55.1 Å². The van der Waals surface area contributed by atoms with E-state index in [1.54, 1.807) is 24.2 Å². The van der Waals surface area contributed by atoms with Crippen molar-refractivity contribution in [3.63, 3.8) is 0 Å². The fraction of sp³-hybridized carbons (Fsp3) is 0.455. The number of amides is 1. The maximum Gasteiger partial charge on any atom is 0.251 e. The fourth-order valence-corrected chi connectivity index (χ4v) is 4.25. The molecule has 0 radical (unpaired) electrons. The minimum absolute atomic E-state index is 0.00811. The van der Waals surface area contributed by atoms with E-state index in [1.165, 1.54) is 6.07 Å². The first-order valence-electron chi connectivity index (χ1n) is 9.96. The number of fused-ring (bicyclic) bond motifs is 1. The fourth-order valence-electron chi connectivity index (χ4n) is 4.25. The van der Waals surface area contributed by atoms with Gasteiger partial charge in [-0.15, -0.1) is 0 Å². The minimum Gasteiger partial charge on any atom is -0.364 e. The van der Waals surface area contributed by atoms with Crippen molar-refractivity contribution < 1.29 is 18.3 Å². The average Bonchev–Trinajstić information content (AvgIpc) is 3.14. The summed E-state index contributed by atoms with van der Waals surface area (Å²) in [4.78, 5) is 20.9. The molecule has 1 amide bonds. The molecule has 154 valence electrons. The van der Waals surface area contributed by atoms with Crippen LogP contribution in [0.25, 0.3) is 0 Å². The Kier molecular flexibility index (Phi) is 5.87. The molecule has 1 aromatic heterocycles. The molecule has 2 fully saturated rings. The molecule has 2 aliphatic rings. The number of carbonyl (C=O) groups is 1. The van der Waals surface area contributed by atoms with Crippen molar-refractivity contribution in [1.29, 1.82) is 0 Å². The highest BCUT2D eigenvalue weighted by atomic mass is 19.2. The molecule has 2 saturated heterocycles. The summed E-state index contributed by atoms with van der Waals surface area (Å²) in [6.07, 6.45) is 2.95. The van der Waals surface area contributed by atoms with E-state index in [9.17, 15) is 13.6 Å². The first kappa shape index (κ1) is 19.9. The summed E-state index contributed by atoms with van der Waals surface area (Å²) in [5.41, 5.74) is 1.58. The molecule has 0 saturated carbocycles. The average molecular weight is 401 g/mol. The standard InChI is InChI=1S/C22H25F2N3O2/c1-26(13-17-4-2-3-8-25-17)22(28)20-11-16-7-9-27(14-21(16)29-20)12-15-5-6-18(23)19(24)10-15/h2-6,8,10,16,20-21H,7,9,11-14H2,1H3/t16-,20+,21-/m0/s1. The lowest BCUT2D eigenvalue weighted by Crippen LogP contribution is -2.42. The van der Waals surface area contributed by atoms with Crippen LogP contribution in [0.15, 0.2) is 42.6 Å². The van der Waals surface area contributed by atoms with Crippen molar-refractivity contribution in [3.05, 3.63) is 65.5 Å². The Morgan fingerprint density at radius 2 is 2.14 bits per heavy atom. The number of likely N-dealkylation sites (N-methyl/N-ethyl adjacent to an activating group) is 1. The molecule has 29 heavy (non-hydrogen) atoms. The van der Waals surface area contributed by atoms with Gasteiger partial charge in [0.1, 0.15) is 6.10 Å². The molecule has 0 unspecified atom stereocenters. The van der Waals surface area contributed by atoms with Gasteiger partial charge >= 0.3 is 0 Å². The Hall–Kier alpha value is -2.38. The Balaban J connectivity index is 1.32. The van der Waals surface area contributed by atoms with Crippen molar-refractivity contribution in [3.8, 4) is 0 Å². The zero-order valence-electron chi connectivity index (χ0n) is 16.4. The molecule has 0 spiro atoms. The number of likely N-dealkylation sites (tertiary alicyclic amines) is 1. The van der Waals surface area contributed by atoms with E-state index in [1.807, 2.05) is 18.2 Å². The Morgan fingerprint density at radius 1 is 1.28 bits per heavy atom. The molecule has 3 atom stereocenters. The second-order valence-corrected chi connectivity index (χ2v) is 7.95. The van der Waals surface area contributed by atoms with E-state index in [0.717, 1.165) is 36.7 Å². The van der Waals surface area contributed by atoms with Gasteiger partial charge in [0.25, 0.3) is 5.91 Å². The molecule has 3 heterocycles. The van der Waals surface area contributed by atoms with Gasteiger partial charge in [-0.25, -0.2) is 8.78 Å². The van der Waals surface area contributed by atoms with Gasteiger partial charge in [0.2, 0.25) is 0 Å². The van der Waals surface area contributed by atoms with Crippen molar-refractivity contribution in [2.45, 2.75) is 38.1 Å². The van der Waals surface area contributed by atoms with Gasteiger partial charge in [-0.1, -0.05) is 12.1 Å². The van der Waals surface area contributed by atoms with E-state index in [0.29, 0.717) is 25.6 Å². The van der Waals surface area contributed by atoms with Gasteiger partial charge in [-0.2, -0.15) is 0 Å². The van der Waals surface area contributed by atoms with Crippen LogP contribution in [-0.2, 0) is 22.6 Å². The van der Waals surface area contributed by atoms with E-state index in [4.69, 9.17) is 4.74 Å². The van der Waals surface area contributed by atoms with Gasteiger partial charge in [0.05, 0.1) is 18.3 Å². The third kappa shape index (κ3) is 4.62. The predicted octanol–water partition coefficient (Wildman–Crippen LogP) is 3.00. The minimum atomic E-state index is -0.831. The number of carbonyl (C=O) groups excluding carboxylic acids is 1. The molecule has 0 aliphatic carbocycles. The molecule has 0 N–H and O–H groups in total. The van der Waals surface area contributed by atoms with Crippen LogP contribution in [0, 0.1) is 17.6 Å². The summed E-state index contributed by atoms with van der Waals surface area (Å²) in [5.74, 6) is -1.32.